The van der Waals surface area contributed by atoms with Crippen LogP contribution in [0.15, 0.2) is 12.2 Å². The summed E-state index contributed by atoms with van der Waals surface area (Å²) >= 11 is 0. The van der Waals surface area contributed by atoms with Crippen molar-refractivity contribution >= 4 is 12.1 Å². The summed E-state index contributed by atoms with van der Waals surface area (Å²) in [5, 5.41) is 6.06. The van der Waals surface area contributed by atoms with Gasteiger partial charge in [0.15, 0.2) is 0 Å². The van der Waals surface area contributed by atoms with Crippen LogP contribution >= 0.6 is 0 Å². The number of nitrogens with zero attached hydrogens (tertiary/aromatic N) is 1. The second-order valence-electron chi connectivity index (χ2n) is 6.36. The maximum atomic E-state index is 11.4. The quantitative estimate of drug-likeness (QED) is 0.665. The Morgan fingerprint density at radius 3 is 2.36 bits per heavy atom. The van der Waals surface area contributed by atoms with E-state index in [1.807, 2.05) is 32.9 Å². The monoisotopic (exact) mass is 312 g/mol. The number of alkyl carbamates (subject to hydrolysis) is 1. The highest BCUT2D eigenvalue weighted by Gasteiger charge is 2.20. The molecule has 7 nitrogen and oxygen atoms in total. The van der Waals surface area contributed by atoms with Crippen LogP contribution in [0.4, 0.5) is 9.59 Å². The van der Waals surface area contributed by atoms with Crippen LogP contribution in [0, 0.1) is 0 Å². The highest BCUT2D eigenvalue weighted by Crippen LogP contribution is 2.09. The lowest BCUT2D eigenvalue weighted by Gasteiger charge is -2.31. The summed E-state index contributed by atoms with van der Waals surface area (Å²) < 4.78 is 5.13. The molecule has 0 saturated carbocycles. The molecule has 1 aliphatic rings. The fourth-order valence-corrected chi connectivity index (χ4v) is 2.16. The van der Waals surface area contributed by atoms with Crippen molar-refractivity contribution in [3.63, 3.8) is 0 Å². The summed E-state index contributed by atoms with van der Waals surface area (Å²) in [4.78, 5) is 24.1. The number of carbonyl (C=O) groups is 2. The molecule has 1 rings (SSSR count). The Morgan fingerprint density at radius 1 is 1.23 bits per heavy atom. The topological polar surface area (TPSA) is 96.7 Å². The van der Waals surface area contributed by atoms with Gasteiger partial charge in [-0.2, -0.15) is 0 Å². The number of nitrogens with one attached hydrogen (secondary N) is 2. The Hall–Kier alpha value is -1.76. The largest absolute Gasteiger partial charge is 0.444 e. The van der Waals surface area contributed by atoms with Crippen LogP contribution in [0.2, 0.25) is 0 Å². The van der Waals surface area contributed by atoms with Crippen LogP contribution in [0.25, 0.3) is 0 Å². The van der Waals surface area contributed by atoms with E-state index in [1.165, 1.54) is 0 Å². The minimum atomic E-state index is -0.477. The average Bonchev–Trinajstić information content (AvgIpc) is 2.41. The van der Waals surface area contributed by atoms with Gasteiger partial charge < -0.3 is 26.0 Å². The van der Waals surface area contributed by atoms with Gasteiger partial charge >= 0.3 is 12.1 Å². The molecular formula is C15H28N4O3. The highest BCUT2D eigenvalue weighted by molar-refractivity contribution is 5.72. The predicted molar refractivity (Wildman–Crippen MR) is 85.6 cm³/mol. The Kier molecular flexibility index (Phi) is 7.17. The third-order valence-electron chi connectivity index (χ3n) is 3.26. The second kappa shape index (κ2) is 8.63. The SMILES string of the molecule is CC(C)(C)OC(=O)NC/C=C/CNC1CCN(C(N)=O)CC1. The summed E-state index contributed by atoms with van der Waals surface area (Å²) in [7, 11) is 0. The summed E-state index contributed by atoms with van der Waals surface area (Å²) in [6, 6.07) is 0.0608. The van der Waals surface area contributed by atoms with Crippen molar-refractivity contribution in [1.29, 1.82) is 0 Å². The molecule has 0 atom stereocenters. The molecule has 0 aromatic carbocycles. The van der Waals surface area contributed by atoms with Crippen molar-refractivity contribution in [3.05, 3.63) is 12.2 Å². The van der Waals surface area contributed by atoms with Gasteiger partial charge in [-0.15, -0.1) is 0 Å². The lowest BCUT2D eigenvalue weighted by Crippen LogP contribution is -2.46. The molecule has 1 aliphatic heterocycles. The van der Waals surface area contributed by atoms with E-state index in [9.17, 15) is 9.59 Å². The molecular weight excluding hydrogens is 284 g/mol. The smallest absolute Gasteiger partial charge is 0.407 e. The van der Waals surface area contributed by atoms with Crippen molar-refractivity contribution in [1.82, 2.24) is 15.5 Å². The van der Waals surface area contributed by atoms with Gasteiger partial charge in [0.05, 0.1) is 0 Å². The van der Waals surface area contributed by atoms with Crippen molar-refractivity contribution in [2.24, 2.45) is 5.73 Å². The number of primary amides is 1. The minimum Gasteiger partial charge on any atom is -0.444 e. The lowest BCUT2D eigenvalue weighted by molar-refractivity contribution is 0.0534. The molecule has 0 aromatic rings. The molecule has 0 bridgehead atoms. The maximum absolute atomic E-state index is 11.4. The molecule has 0 radical (unpaired) electrons. The summed E-state index contributed by atoms with van der Waals surface area (Å²) in [6.45, 7) is 8.07. The van der Waals surface area contributed by atoms with Gasteiger partial charge in [-0.25, -0.2) is 9.59 Å². The summed E-state index contributed by atoms with van der Waals surface area (Å²) in [5.74, 6) is 0. The molecule has 3 amide bonds. The molecule has 126 valence electrons. The minimum absolute atomic E-state index is 0.341. The Morgan fingerprint density at radius 2 is 1.82 bits per heavy atom. The van der Waals surface area contributed by atoms with Gasteiger partial charge in [0.1, 0.15) is 5.60 Å². The molecule has 1 saturated heterocycles. The first kappa shape index (κ1) is 18.3. The van der Waals surface area contributed by atoms with E-state index < -0.39 is 11.7 Å². The summed E-state index contributed by atoms with van der Waals surface area (Å²) in [5.41, 5.74) is 4.76. The standard InChI is InChI=1S/C15H28N4O3/c1-15(2,3)22-14(21)18-9-5-4-8-17-12-6-10-19(11-7-12)13(16)20/h4-5,12,17H,6-11H2,1-3H3,(H2,16,20)(H,18,21)/b5-4+. The first-order valence-electron chi connectivity index (χ1n) is 7.67. The fourth-order valence-electron chi connectivity index (χ4n) is 2.16. The molecule has 22 heavy (non-hydrogen) atoms. The Labute approximate surface area is 132 Å². The fraction of sp³-hybridized carbons (Fsp3) is 0.733. The highest BCUT2D eigenvalue weighted by atomic mass is 16.6. The van der Waals surface area contributed by atoms with E-state index in [0.29, 0.717) is 25.7 Å². The van der Waals surface area contributed by atoms with Gasteiger partial charge in [0.2, 0.25) is 0 Å². The molecule has 1 fully saturated rings. The number of amides is 3. The Balaban J connectivity index is 2.08. The van der Waals surface area contributed by atoms with E-state index in [2.05, 4.69) is 10.6 Å². The molecule has 1 heterocycles. The second-order valence-corrected chi connectivity index (χ2v) is 6.36. The van der Waals surface area contributed by atoms with Crippen LogP contribution in [0.3, 0.4) is 0 Å². The van der Waals surface area contributed by atoms with Gasteiger partial charge in [0.25, 0.3) is 0 Å². The third-order valence-corrected chi connectivity index (χ3v) is 3.26. The molecule has 0 aromatic heterocycles. The normalized spacial score (nSPS) is 16.8. The zero-order valence-corrected chi connectivity index (χ0v) is 13.7. The number of urea groups is 1. The van der Waals surface area contributed by atoms with Crippen LogP contribution in [-0.4, -0.2) is 54.8 Å². The predicted octanol–water partition coefficient (Wildman–Crippen LogP) is 1.20. The maximum Gasteiger partial charge on any atom is 0.407 e. The van der Waals surface area contributed by atoms with Crippen LogP contribution in [0.1, 0.15) is 33.6 Å². The van der Waals surface area contributed by atoms with E-state index in [0.717, 1.165) is 19.4 Å². The van der Waals surface area contributed by atoms with Crippen molar-refractivity contribution in [2.45, 2.75) is 45.3 Å². The zero-order valence-electron chi connectivity index (χ0n) is 13.7. The number of hydrogen-bond acceptors (Lipinski definition) is 4. The zero-order chi connectivity index (χ0) is 16.6. The molecule has 0 unspecified atom stereocenters. The van der Waals surface area contributed by atoms with E-state index >= 15 is 0 Å². The number of carbonyl (C=O) groups excluding carboxylic acids is 2. The van der Waals surface area contributed by atoms with E-state index in [-0.39, 0.29) is 6.03 Å². The number of likely N-dealkylation sites (tertiary alicyclic amines) is 1. The van der Waals surface area contributed by atoms with E-state index in [1.54, 1.807) is 4.90 Å². The van der Waals surface area contributed by atoms with Gasteiger partial charge in [-0.3, -0.25) is 0 Å². The van der Waals surface area contributed by atoms with Crippen molar-refractivity contribution in [3.8, 4) is 0 Å². The summed E-state index contributed by atoms with van der Waals surface area (Å²) in [6.07, 6.45) is 5.26. The number of hydrogen-bond donors (Lipinski definition) is 3. The molecule has 4 N–H and O–H groups in total. The lowest BCUT2D eigenvalue weighted by atomic mass is 10.1. The van der Waals surface area contributed by atoms with Crippen LogP contribution in [-0.2, 0) is 4.74 Å². The van der Waals surface area contributed by atoms with Crippen LogP contribution < -0.4 is 16.4 Å². The van der Waals surface area contributed by atoms with E-state index in [4.69, 9.17) is 10.5 Å². The molecule has 0 spiro atoms. The van der Waals surface area contributed by atoms with Gasteiger partial charge in [-0.05, 0) is 33.6 Å². The Bertz CT molecular complexity index is 396. The number of nitrogens with two attached hydrogens (primary N) is 1. The first-order valence-corrected chi connectivity index (χ1v) is 7.67. The van der Waals surface area contributed by atoms with Crippen LogP contribution in [0.5, 0.6) is 0 Å². The number of ether oxygens (including phenoxy) is 1. The number of rotatable bonds is 5. The van der Waals surface area contributed by atoms with Gasteiger partial charge in [-0.1, -0.05) is 12.2 Å². The van der Waals surface area contributed by atoms with Gasteiger partial charge in [0, 0.05) is 32.2 Å². The van der Waals surface area contributed by atoms with Crippen molar-refractivity contribution in [2.75, 3.05) is 26.2 Å². The molecule has 0 aliphatic carbocycles. The number of piperidine rings is 1. The first-order chi connectivity index (χ1) is 10.3. The average molecular weight is 312 g/mol. The van der Waals surface area contributed by atoms with Crippen molar-refractivity contribution < 1.29 is 14.3 Å². The molecule has 7 heteroatoms. The third kappa shape index (κ3) is 7.87.